The van der Waals surface area contributed by atoms with Crippen LogP contribution in [0, 0.1) is 11.8 Å². The van der Waals surface area contributed by atoms with Crippen LogP contribution in [0.4, 0.5) is 4.79 Å². The molecule has 0 radical (unpaired) electrons. The number of aliphatic hydroxyl groups is 1. The third kappa shape index (κ3) is 11.5. The number of carbonyl (C=O) groups is 2. The predicted molar refractivity (Wildman–Crippen MR) is 80.5 cm³/mol. The Bertz CT molecular complexity index is 375. The molecule has 130 valence electrons. The van der Waals surface area contributed by atoms with Gasteiger partial charge in [0.25, 0.3) is 0 Å². The maximum absolute atomic E-state index is 11.3. The number of esters is 1. The maximum atomic E-state index is 11.3. The highest BCUT2D eigenvalue weighted by molar-refractivity contribution is 7.37. The van der Waals surface area contributed by atoms with Gasteiger partial charge in [-0.15, -0.1) is 0 Å². The molecule has 0 fully saturated rings. The highest BCUT2D eigenvalue weighted by Gasteiger charge is 2.13. The Morgan fingerprint density at radius 1 is 1.14 bits per heavy atom. The minimum Gasteiger partial charge on any atom is -0.428 e. The van der Waals surface area contributed by atoms with Crippen LogP contribution in [0.1, 0.15) is 40.0 Å². The number of rotatable bonds is 10. The molecular formula is C13H26NO7P. The number of amides is 1. The molecule has 8 nitrogen and oxygen atoms in total. The summed E-state index contributed by atoms with van der Waals surface area (Å²) in [4.78, 5) is 31.2. The van der Waals surface area contributed by atoms with E-state index in [1.165, 1.54) is 0 Å². The summed E-state index contributed by atoms with van der Waals surface area (Å²) in [5.41, 5.74) is 0. The second-order valence-electron chi connectivity index (χ2n) is 5.44. The van der Waals surface area contributed by atoms with Crippen LogP contribution in [-0.4, -0.2) is 41.2 Å². The van der Waals surface area contributed by atoms with E-state index in [1.54, 1.807) is 13.8 Å². The van der Waals surface area contributed by atoms with Crippen LogP contribution in [0.25, 0.3) is 0 Å². The quantitative estimate of drug-likeness (QED) is 0.313. The molecule has 22 heavy (non-hydrogen) atoms. The molecule has 0 aromatic carbocycles. The molecule has 0 aliphatic rings. The van der Waals surface area contributed by atoms with Crippen LogP contribution < -0.4 is 5.32 Å². The Hall–Kier alpha value is -1.11. The molecule has 0 aliphatic carbocycles. The van der Waals surface area contributed by atoms with E-state index in [4.69, 9.17) is 4.89 Å². The van der Waals surface area contributed by atoms with E-state index in [0.717, 1.165) is 0 Å². The lowest BCUT2D eigenvalue weighted by Crippen LogP contribution is -2.36. The number of ether oxygens (including phenoxy) is 2. The molecule has 0 saturated carbocycles. The molecule has 0 aromatic heterocycles. The summed E-state index contributed by atoms with van der Waals surface area (Å²) < 4.78 is 19.9. The molecule has 3 unspecified atom stereocenters. The predicted octanol–water partition coefficient (Wildman–Crippen LogP) is 1.46. The smallest absolute Gasteiger partial charge is 0.412 e. The van der Waals surface area contributed by atoms with Gasteiger partial charge in [-0.05, 0) is 25.2 Å². The van der Waals surface area contributed by atoms with Gasteiger partial charge >= 0.3 is 12.1 Å². The lowest BCUT2D eigenvalue weighted by molar-refractivity contribution is -0.155. The van der Waals surface area contributed by atoms with Gasteiger partial charge in [-0.1, -0.05) is 20.8 Å². The summed E-state index contributed by atoms with van der Waals surface area (Å²) in [6, 6.07) is 0. The maximum Gasteiger partial charge on any atom is 0.412 e. The Labute approximate surface area is 131 Å². The second-order valence-corrected chi connectivity index (χ2v) is 6.73. The lowest BCUT2D eigenvalue weighted by Gasteiger charge is -2.16. The number of hydrogen-bond donors (Lipinski definition) is 3. The summed E-state index contributed by atoms with van der Waals surface area (Å²) in [6.07, 6.45) is -0.207. The summed E-state index contributed by atoms with van der Waals surface area (Å²) in [6.45, 7) is 4.71. The molecular weight excluding hydrogens is 313 g/mol. The molecule has 0 spiro atoms. The van der Waals surface area contributed by atoms with Crippen molar-refractivity contribution in [2.45, 2.75) is 46.3 Å². The number of aliphatic hydroxyl groups excluding tert-OH is 1. The molecule has 3 N–H and O–H groups in total. The molecule has 1 amide bonds. The van der Waals surface area contributed by atoms with Crippen molar-refractivity contribution in [1.29, 1.82) is 0 Å². The second kappa shape index (κ2) is 11.5. The molecule has 3 atom stereocenters. The lowest BCUT2D eigenvalue weighted by atomic mass is 10.0. The topological polar surface area (TPSA) is 122 Å². The molecule has 0 bridgehead atoms. The summed E-state index contributed by atoms with van der Waals surface area (Å²) in [5, 5.41) is 11.8. The van der Waals surface area contributed by atoms with Crippen LogP contribution in [-0.2, 0) is 18.8 Å². The molecule has 0 saturated heterocycles. The average Bonchev–Trinajstić information content (AvgIpc) is 2.42. The first kappa shape index (κ1) is 20.9. The summed E-state index contributed by atoms with van der Waals surface area (Å²) in [5.74, 6) is -0.625. The van der Waals surface area contributed by atoms with Crippen LogP contribution in [0.5, 0.6) is 0 Å². The van der Waals surface area contributed by atoms with Gasteiger partial charge in [0.1, 0.15) is 6.23 Å². The molecule has 0 aromatic rings. The molecule has 0 aliphatic heterocycles. The van der Waals surface area contributed by atoms with E-state index in [-0.39, 0.29) is 18.0 Å². The van der Waals surface area contributed by atoms with Gasteiger partial charge in [0.2, 0.25) is 6.79 Å². The van der Waals surface area contributed by atoms with E-state index in [9.17, 15) is 19.3 Å². The standard InChI is InChI=1S/C13H26NO7P/c1-9(2)12(16)20-8-21-13(17)14-11(15)5-4-10(3)6-7-22(18)19/h9-11,15,22H,4-8H2,1-3H3,(H,14,17)(H,18,19). The summed E-state index contributed by atoms with van der Waals surface area (Å²) in [7, 11) is -2.45. The van der Waals surface area contributed by atoms with Crippen molar-refractivity contribution in [2.24, 2.45) is 11.8 Å². The molecule has 0 heterocycles. The minimum atomic E-state index is -2.45. The zero-order chi connectivity index (χ0) is 17.1. The van der Waals surface area contributed by atoms with Crippen molar-refractivity contribution >= 4 is 20.1 Å². The van der Waals surface area contributed by atoms with Crippen molar-refractivity contribution in [3.8, 4) is 0 Å². The fourth-order valence-corrected chi connectivity index (χ4v) is 2.25. The van der Waals surface area contributed by atoms with E-state index >= 15 is 0 Å². The fraction of sp³-hybridized carbons (Fsp3) is 0.846. The number of alkyl carbamates (subject to hydrolysis) is 1. The first-order chi connectivity index (χ1) is 10.2. The van der Waals surface area contributed by atoms with Crippen molar-refractivity contribution in [3.05, 3.63) is 0 Å². The van der Waals surface area contributed by atoms with E-state index < -0.39 is 33.1 Å². The SMILES string of the molecule is CC(CCC(O)NC(=O)OCOC(=O)C(C)C)CC[PH](=O)O. The van der Waals surface area contributed by atoms with Crippen molar-refractivity contribution in [3.63, 3.8) is 0 Å². The number of nitrogens with one attached hydrogen (secondary N) is 1. The van der Waals surface area contributed by atoms with Gasteiger partial charge in [0, 0.05) is 6.16 Å². The first-order valence-corrected chi connectivity index (χ1v) is 8.78. The minimum absolute atomic E-state index is 0.167. The van der Waals surface area contributed by atoms with Crippen LogP contribution >= 0.6 is 8.03 Å². The van der Waals surface area contributed by atoms with E-state index in [1.807, 2.05) is 6.92 Å². The highest BCUT2D eigenvalue weighted by Crippen LogP contribution is 2.20. The van der Waals surface area contributed by atoms with Crippen LogP contribution in [0.2, 0.25) is 0 Å². The first-order valence-electron chi connectivity index (χ1n) is 7.22. The molecule has 9 heteroatoms. The van der Waals surface area contributed by atoms with E-state index in [2.05, 4.69) is 14.8 Å². The van der Waals surface area contributed by atoms with Crippen molar-refractivity contribution < 1.29 is 33.6 Å². The monoisotopic (exact) mass is 339 g/mol. The normalized spacial score (nSPS) is 15.0. The Kier molecular flexibility index (Phi) is 10.9. The van der Waals surface area contributed by atoms with E-state index in [0.29, 0.717) is 19.3 Å². The van der Waals surface area contributed by atoms with Gasteiger partial charge in [0.05, 0.1) is 5.92 Å². The Balaban J connectivity index is 3.77. The van der Waals surface area contributed by atoms with Crippen molar-refractivity contribution in [1.82, 2.24) is 5.32 Å². The molecule has 0 rings (SSSR count). The number of carbonyl (C=O) groups excluding carboxylic acids is 2. The summed E-state index contributed by atoms with van der Waals surface area (Å²) >= 11 is 0. The van der Waals surface area contributed by atoms with Gasteiger partial charge < -0.3 is 19.5 Å². The van der Waals surface area contributed by atoms with Crippen LogP contribution in [0.15, 0.2) is 0 Å². The zero-order valence-electron chi connectivity index (χ0n) is 13.2. The van der Waals surface area contributed by atoms with Crippen LogP contribution in [0.3, 0.4) is 0 Å². The Morgan fingerprint density at radius 2 is 1.77 bits per heavy atom. The third-order valence-corrected chi connectivity index (χ3v) is 3.65. The average molecular weight is 339 g/mol. The largest absolute Gasteiger partial charge is 0.428 e. The number of hydrogen-bond acceptors (Lipinski definition) is 6. The fourth-order valence-electron chi connectivity index (χ4n) is 1.51. The van der Waals surface area contributed by atoms with Gasteiger partial charge in [-0.3, -0.25) is 14.7 Å². The highest BCUT2D eigenvalue weighted by atomic mass is 31.1. The van der Waals surface area contributed by atoms with Gasteiger partial charge in [-0.25, -0.2) is 4.79 Å². The van der Waals surface area contributed by atoms with Gasteiger partial charge in [-0.2, -0.15) is 0 Å². The third-order valence-electron chi connectivity index (χ3n) is 2.93. The Morgan fingerprint density at radius 3 is 2.32 bits per heavy atom. The van der Waals surface area contributed by atoms with Gasteiger partial charge in [0.15, 0.2) is 8.03 Å². The van der Waals surface area contributed by atoms with Crippen molar-refractivity contribution in [2.75, 3.05) is 13.0 Å². The zero-order valence-corrected chi connectivity index (χ0v) is 14.2.